The number of piperidine rings is 1. The number of amides is 1. The predicted molar refractivity (Wildman–Crippen MR) is 121 cm³/mol. The smallest absolute Gasteiger partial charge is 0.269 e. The molecule has 1 saturated heterocycles. The van der Waals surface area contributed by atoms with Crippen molar-refractivity contribution >= 4 is 17.3 Å². The highest BCUT2D eigenvalue weighted by molar-refractivity contribution is 6.06. The topological polar surface area (TPSA) is 66.7 Å². The number of non-ortho nitro benzene ring substituents is 1. The zero-order valence-corrected chi connectivity index (χ0v) is 17.9. The third-order valence-corrected chi connectivity index (χ3v) is 5.86. The number of halogens is 2. The van der Waals surface area contributed by atoms with Crippen LogP contribution in [0.25, 0.3) is 0 Å². The van der Waals surface area contributed by atoms with E-state index in [-0.39, 0.29) is 23.5 Å². The van der Waals surface area contributed by atoms with Gasteiger partial charge in [0.2, 0.25) is 0 Å². The van der Waals surface area contributed by atoms with Gasteiger partial charge in [-0.3, -0.25) is 19.8 Å². The van der Waals surface area contributed by atoms with Crippen LogP contribution in [0.3, 0.4) is 0 Å². The maximum Gasteiger partial charge on any atom is 0.269 e. The number of carbonyl (C=O) groups excluding carboxylic acids is 1. The number of carbonyl (C=O) groups is 1. The number of nitrogens with zero attached hydrogens (tertiary/aromatic N) is 3. The van der Waals surface area contributed by atoms with Crippen LogP contribution < -0.4 is 4.90 Å². The highest BCUT2D eigenvalue weighted by Gasteiger charge is 2.30. The third-order valence-electron chi connectivity index (χ3n) is 5.86. The Bertz CT molecular complexity index is 1130. The number of benzene rings is 3. The summed E-state index contributed by atoms with van der Waals surface area (Å²) in [4.78, 5) is 27.8. The molecule has 6 nitrogen and oxygen atoms in total. The third kappa shape index (κ3) is 5.40. The Hall–Kier alpha value is -3.65. The first-order chi connectivity index (χ1) is 15.9. The van der Waals surface area contributed by atoms with Crippen LogP contribution in [0.4, 0.5) is 20.2 Å². The van der Waals surface area contributed by atoms with E-state index in [1.807, 2.05) is 6.07 Å². The van der Waals surface area contributed by atoms with Gasteiger partial charge in [0.15, 0.2) is 0 Å². The Balaban J connectivity index is 1.50. The van der Waals surface area contributed by atoms with Crippen molar-refractivity contribution in [3.63, 3.8) is 0 Å². The largest absolute Gasteiger partial charge is 0.305 e. The van der Waals surface area contributed by atoms with Gasteiger partial charge in [-0.25, -0.2) is 8.78 Å². The summed E-state index contributed by atoms with van der Waals surface area (Å²) in [6, 6.07) is 17.7. The lowest BCUT2D eigenvalue weighted by molar-refractivity contribution is -0.384. The molecule has 170 valence electrons. The van der Waals surface area contributed by atoms with Crippen LogP contribution in [0, 0.1) is 21.7 Å². The fraction of sp³-hybridized carbons (Fsp3) is 0.240. The molecule has 1 heterocycles. The van der Waals surface area contributed by atoms with Gasteiger partial charge < -0.3 is 4.90 Å². The van der Waals surface area contributed by atoms with Crippen LogP contribution >= 0.6 is 0 Å². The van der Waals surface area contributed by atoms with E-state index >= 15 is 0 Å². The molecule has 33 heavy (non-hydrogen) atoms. The first kappa shape index (κ1) is 22.5. The summed E-state index contributed by atoms with van der Waals surface area (Å²) in [5, 5.41) is 11.0. The van der Waals surface area contributed by atoms with Gasteiger partial charge >= 0.3 is 0 Å². The van der Waals surface area contributed by atoms with E-state index in [9.17, 15) is 23.7 Å². The lowest BCUT2D eigenvalue weighted by Gasteiger charge is -2.38. The standard InChI is InChI=1S/C25H23F2N3O3/c26-20-6-4-19(5-7-20)25(31)29(22-10-8-21(27)9-11-22)23-12-14-28(15-13-23)17-18-2-1-3-24(16-18)30(32)33/h1-11,16,23H,12-15,17H2. The van der Waals surface area contributed by atoms with Crippen LogP contribution in [0.2, 0.25) is 0 Å². The number of anilines is 1. The van der Waals surface area contributed by atoms with Crippen LogP contribution in [0.1, 0.15) is 28.8 Å². The second-order valence-electron chi connectivity index (χ2n) is 8.09. The number of nitro groups is 1. The minimum absolute atomic E-state index is 0.0646. The molecule has 0 aliphatic carbocycles. The van der Waals surface area contributed by atoms with Crippen molar-refractivity contribution in [1.29, 1.82) is 0 Å². The normalized spacial score (nSPS) is 14.7. The van der Waals surface area contributed by atoms with E-state index in [0.29, 0.717) is 43.7 Å². The van der Waals surface area contributed by atoms with Gasteiger partial charge in [0.25, 0.3) is 11.6 Å². The van der Waals surface area contributed by atoms with E-state index in [0.717, 1.165) is 5.56 Å². The number of nitro benzene ring substituents is 1. The van der Waals surface area contributed by atoms with E-state index in [4.69, 9.17) is 0 Å². The molecule has 0 bridgehead atoms. The highest BCUT2D eigenvalue weighted by Crippen LogP contribution is 2.27. The molecule has 1 fully saturated rings. The number of rotatable bonds is 6. The van der Waals surface area contributed by atoms with Crippen molar-refractivity contribution in [3.05, 3.63) is 106 Å². The van der Waals surface area contributed by atoms with Gasteiger partial charge in [0.1, 0.15) is 11.6 Å². The summed E-state index contributed by atoms with van der Waals surface area (Å²) in [6.07, 6.45) is 1.36. The van der Waals surface area contributed by atoms with Gasteiger partial charge in [-0.15, -0.1) is 0 Å². The SMILES string of the molecule is O=C(c1ccc(F)cc1)N(c1ccc(F)cc1)C1CCN(Cc2cccc([N+](=O)[O-])c2)CC1. The summed E-state index contributed by atoms with van der Waals surface area (Å²) >= 11 is 0. The van der Waals surface area contributed by atoms with Crippen molar-refractivity contribution in [3.8, 4) is 0 Å². The van der Waals surface area contributed by atoms with Gasteiger partial charge in [0, 0.05) is 49.1 Å². The van der Waals surface area contributed by atoms with E-state index in [1.54, 1.807) is 29.2 Å². The number of hydrogen-bond acceptors (Lipinski definition) is 4. The molecule has 0 saturated carbocycles. The molecule has 3 aromatic carbocycles. The van der Waals surface area contributed by atoms with Crippen molar-refractivity contribution in [2.75, 3.05) is 18.0 Å². The van der Waals surface area contributed by atoms with Crippen molar-refractivity contribution in [2.24, 2.45) is 0 Å². The maximum atomic E-state index is 13.5. The summed E-state index contributed by atoms with van der Waals surface area (Å²) < 4.78 is 26.9. The molecule has 0 unspecified atom stereocenters. The molecule has 0 aromatic heterocycles. The zero-order valence-electron chi connectivity index (χ0n) is 17.9. The van der Waals surface area contributed by atoms with Crippen LogP contribution in [0.5, 0.6) is 0 Å². The fourth-order valence-electron chi connectivity index (χ4n) is 4.19. The number of likely N-dealkylation sites (tertiary alicyclic amines) is 1. The molecular formula is C25H23F2N3O3. The van der Waals surface area contributed by atoms with Crippen LogP contribution in [-0.4, -0.2) is 34.9 Å². The van der Waals surface area contributed by atoms with Crippen molar-refractivity contribution in [2.45, 2.75) is 25.4 Å². The van der Waals surface area contributed by atoms with Gasteiger partial charge in [0.05, 0.1) is 4.92 Å². The molecular weight excluding hydrogens is 428 g/mol. The molecule has 8 heteroatoms. The Morgan fingerprint density at radius 3 is 2.18 bits per heavy atom. The Morgan fingerprint density at radius 2 is 1.58 bits per heavy atom. The predicted octanol–water partition coefficient (Wildman–Crippen LogP) is 5.18. The second-order valence-corrected chi connectivity index (χ2v) is 8.09. The average molecular weight is 451 g/mol. The Morgan fingerprint density at radius 1 is 0.970 bits per heavy atom. The minimum Gasteiger partial charge on any atom is -0.305 e. The minimum atomic E-state index is -0.422. The van der Waals surface area contributed by atoms with E-state index in [1.165, 1.54) is 42.5 Å². The quantitative estimate of drug-likeness (QED) is 0.382. The molecule has 4 rings (SSSR count). The summed E-state index contributed by atoms with van der Waals surface area (Å²) in [5.74, 6) is -1.08. The highest BCUT2D eigenvalue weighted by atomic mass is 19.1. The molecule has 0 radical (unpaired) electrons. The average Bonchev–Trinajstić information content (AvgIpc) is 2.82. The molecule has 0 atom stereocenters. The van der Waals surface area contributed by atoms with Crippen molar-refractivity contribution in [1.82, 2.24) is 4.90 Å². The van der Waals surface area contributed by atoms with Crippen LogP contribution in [0.15, 0.2) is 72.8 Å². The lowest BCUT2D eigenvalue weighted by atomic mass is 10.00. The van der Waals surface area contributed by atoms with Crippen LogP contribution in [-0.2, 0) is 6.54 Å². The van der Waals surface area contributed by atoms with Gasteiger partial charge in [-0.2, -0.15) is 0 Å². The molecule has 0 spiro atoms. The second kappa shape index (κ2) is 9.87. The monoisotopic (exact) mass is 451 g/mol. The van der Waals surface area contributed by atoms with Gasteiger partial charge in [-0.05, 0) is 66.9 Å². The zero-order chi connectivity index (χ0) is 23.4. The Kier molecular flexibility index (Phi) is 6.74. The summed E-state index contributed by atoms with van der Waals surface area (Å²) in [6.45, 7) is 1.97. The van der Waals surface area contributed by atoms with E-state index < -0.39 is 10.7 Å². The first-order valence-electron chi connectivity index (χ1n) is 10.7. The van der Waals surface area contributed by atoms with Gasteiger partial charge in [-0.1, -0.05) is 12.1 Å². The molecule has 0 N–H and O–H groups in total. The molecule has 1 amide bonds. The first-order valence-corrected chi connectivity index (χ1v) is 10.7. The number of hydrogen-bond donors (Lipinski definition) is 0. The van der Waals surface area contributed by atoms with E-state index in [2.05, 4.69) is 4.90 Å². The Labute approximate surface area is 190 Å². The molecule has 1 aliphatic heterocycles. The molecule has 3 aromatic rings. The van der Waals surface area contributed by atoms with Crippen molar-refractivity contribution < 1.29 is 18.5 Å². The maximum absolute atomic E-state index is 13.5. The molecule has 1 aliphatic rings. The summed E-state index contributed by atoms with van der Waals surface area (Å²) in [7, 11) is 0. The fourth-order valence-corrected chi connectivity index (χ4v) is 4.19. The summed E-state index contributed by atoms with van der Waals surface area (Å²) in [5.41, 5.74) is 1.87. The lowest BCUT2D eigenvalue weighted by Crippen LogP contribution is -2.47.